The summed E-state index contributed by atoms with van der Waals surface area (Å²) in [5.41, 5.74) is 2.32. The molecule has 27 heavy (non-hydrogen) atoms. The molecule has 1 saturated carbocycles. The summed E-state index contributed by atoms with van der Waals surface area (Å²) in [6.07, 6.45) is 6.75. The van der Waals surface area contributed by atoms with Crippen molar-refractivity contribution >= 4 is 21.4 Å². The van der Waals surface area contributed by atoms with E-state index in [0.29, 0.717) is 15.9 Å². The minimum absolute atomic E-state index is 0.169. The number of aryl methyl sites for hydroxylation is 1. The summed E-state index contributed by atoms with van der Waals surface area (Å²) in [7, 11) is -3.58. The maximum absolute atomic E-state index is 12.9. The fraction of sp³-hybridized carbons (Fsp3) is 0.350. The minimum Gasteiger partial charge on any atom is -0.440 e. The fourth-order valence-electron chi connectivity index (χ4n) is 3.64. The lowest BCUT2D eigenvalue weighted by Gasteiger charge is -2.25. The molecule has 1 atom stereocenters. The van der Waals surface area contributed by atoms with Crippen LogP contribution >= 0.6 is 11.3 Å². The number of benzene rings is 1. The van der Waals surface area contributed by atoms with Crippen molar-refractivity contribution < 1.29 is 12.8 Å². The van der Waals surface area contributed by atoms with Crippen molar-refractivity contribution in [3.05, 3.63) is 59.6 Å². The first-order chi connectivity index (χ1) is 13.1. The number of oxazole rings is 1. The van der Waals surface area contributed by atoms with Crippen molar-refractivity contribution in [3.8, 4) is 10.6 Å². The van der Waals surface area contributed by atoms with Crippen LogP contribution in [0, 0.1) is 0 Å². The van der Waals surface area contributed by atoms with E-state index < -0.39 is 10.0 Å². The molecule has 1 N–H and O–H groups in total. The Kier molecular flexibility index (Phi) is 4.18. The van der Waals surface area contributed by atoms with Crippen molar-refractivity contribution in [3.63, 3.8) is 0 Å². The van der Waals surface area contributed by atoms with E-state index in [9.17, 15) is 8.42 Å². The van der Waals surface area contributed by atoms with Gasteiger partial charge in [-0.1, -0.05) is 24.3 Å². The van der Waals surface area contributed by atoms with Crippen molar-refractivity contribution in [2.75, 3.05) is 0 Å². The van der Waals surface area contributed by atoms with Gasteiger partial charge in [0.2, 0.25) is 0 Å². The first-order valence-electron chi connectivity index (χ1n) is 9.26. The molecular formula is C20H20N2O3S2. The molecule has 1 fully saturated rings. The van der Waals surface area contributed by atoms with Crippen LogP contribution in [0.25, 0.3) is 10.6 Å². The maximum Gasteiger partial charge on any atom is 0.250 e. The molecule has 2 aliphatic rings. The lowest BCUT2D eigenvalue weighted by molar-refractivity contribution is 0.508. The van der Waals surface area contributed by atoms with E-state index in [1.54, 1.807) is 18.3 Å². The molecule has 3 aromatic rings. The Hall–Kier alpha value is -1.96. The Morgan fingerprint density at radius 3 is 2.81 bits per heavy atom. The molecule has 0 aliphatic heterocycles. The number of hydrogen-bond acceptors (Lipinski definition) is 5. The Balaban J connectivity index is 1.39. The summed E-state index contributed by atoms with van der Waals surface area (Å²) in [5, 5.41) is 0. The second-order valence-corrected chi connectivity index (χ2v) is 10.2. The second-order valence-electron chi connectivity index (χ2n) is 7.22. The molecule has 0 saturated heterocycles. The zero-order valence-electron chi connectivity index (χ0n) is 14.7. The monoisotopic (exact) mass is 400 g/mol. The molecule has 5 rings (SSSR count). The van der Waals surface area contributed by atoms with Gasteiger partial charge in [-0.2, -0.15) is 0 Å². The molecular weight excluding hydrogens is 380 g/mol. The normalized spacial score (nSPS) is 19.8. The molecule has 5 nitrogen and oxygen atoms in total. The van der Waals surface area contributed by atoms with Crippen molar-refractivity contribution in [1.82, 2.24) is 9.71 Å². The predicted molar refractivity (Wildman–Crippen MR) is 104 cm³/mol. The highest BCUT2D eigenvalue weighted by Gasteiger charge is 2.30. The van der Waals surface area contributed by atoms with Crippen molar-refractivity contribution in [1.29, 1.82) is 0 Å². The summed E-state index contributed by atoms with van der Waals surface area (Å²) in [6, 6.07) is 11.4. The van der Waals surface area contributed by atoms with Gasteiger partial charge in [0.15, 0.2) is 11.7 Å². The number of nitrogens with zero attached hydrogens (tertiary/aromatic N) is 1. The Labute approximate surface area is 162 Å². The molecule has 140 valence electrons. The molecule has 0 unspecified atom stereocenters. The molecule has 0 spiro atoms. The van der Waals surface area contributed by atoms with E-state index in [1.165, 1.54) is 16.9 Å². The number of fused-ring (bicyclic) bond motifs is 1. The molecule has 2 heterocycles. The summed E-state index contributed by atoms with van der Waals surface area (Å²) >= 11 is 1.22. The van der Waals surface area contributed by atoms with Gasteiger partial charge in [-0.05, 0) is 55.4 Å². The molecule has 7 heteroatoms. The first-order valence-corrected chi connectivity index (χ1v) is 11.6. The van der Waals surface area contributed by atoms with Crippen LogP contribution in [0.5, 0.6) is 0 Å². The number of sulfonamides is 1. The average Bonchev–Trinajstić information content (AvgIpc) is 3.19. The maximum atomic E-state index is 12.9. The molecule has 0 radical (unpaired) electrons. The highest BCUT2D eigenvalue weighted by Crippen LogP contribution is 2.41. The van der Waals surface area contributed by atoms with Crippen LogP contribution in [0.15, 0.2) is 51.2 Å². The third-order valence-corrected chi connectivity index (χ3v) is 8.27. The summed E-state index contributed by atoms with van der Waals surface area (Å²) in [6.45, 7) is 0. The topological polar surface area (TPSA) is 72.2 Å². The average molecular weight is 401 g/mol. The van der Waals surface area contributed by atoms with Gasteiger partial charge in [0.1, 0.15) is 4.21 Å². The Morgan fingerprint density at radius 1 is 1.11 bits per heavy atom. The number of thiophene rings is 1. The number of aromatic nitrogens is 1. The van der Waals surface area contributed by atoms with Gasteiger partial charge in [0.25, 0.3) is 10.0 Å². The van der Waals surface area contributed by atoms with Crippen LogP contribution in [0.2, 0.25) is 0 Å². The van der Waals surface area contributed by atoms with Crippen LogP contribution in [0.4, 0.5) is 0 Å². The lowest BCUT2D eigenvalue weighted by atomic mass is 9.88. The SMILES string of the molecule is O=S(=O)(N[C@H]1CCCc2ccccc21)c1ccc(-c2cnc(C3CC3)o2)s1. The third kappa shape index (κ3) is 3.35. The van der Waals surface area contributed by atoms with E-state index in [2.05, 4.69) is 15.8 Å². The number of rotatable bonds is 5. The molecule has 0 amide bonds. The third-order valence-electron chi connectivity index (χ3n) is 5.21. The minimum atomic E-state index is -3.58. The van der Waals surface area contributed by atoms with Gasteiger partial charge in [0.05, 0.1) is 11.1 Å². The van der Waals surface area contributed by atoms with E-state index in [4.69, 9.17) is 4.42 Å². The van der Waals surface area contributed by atoms with Gasteiger partial charge in [-0.25, -0.2) is 18.1 Å². The van der Waals surface area contributed by atoms with Crippen LogP contribution in [0.3, 0.4) is 0 Å². The predicted octanol–water partition coefficient (Wildman–Crippen LogP) is 4.64. The van der Waals surface area contributed by atoms with Crippen molar-refractivity contribution in [2.45, 2.75) is 48.3 Å². The zero-order valence-corrected chi connectivity index (χ0v) is 16.4. The van der Waals surface area contributed by atoms with E-state index in [-0.39, 0.29) is 6.04 Å². The van der Waals surface area contributed by atoms with Crippen LogP contribution < -0.4 is 4.72 Å². The highest BCUT2D eigenvalue weighted by atomic mass is 32.2. The summed E-state index contributed by atoms with van der Waals surface area (Å²) in [4.78, 5) is 5.11. The van der Waals surface area contributed by atoms with Gasteiger partial charge in [-0.15, -0.1) is 11.3 Å². The van der Waals surface area contributed by atoms with Crippen molar-refractivity contribution in [2.24, 2.45) is 0 Å². The fourth-order valence-corrected chi connectivity index (χ4v) is 6.16. The second kappa shape index (κ2) is 6.58. The van der Waals surface area contributed by atoms with Gasteiger partial charge in [-0.3, -0.25) is 0 Å². The Bertz CT molecular complexity index is 1080. The Morgan fingerprint density at radius 2 is 1.96 bits per heavy atom. The first kappa shape index (κ1) is 17.2. The largest absolute Gasteiger partial charge is 0.440 e. The van der Waals surface area contributed by atoms with Crippen LogP contribution in [-0.4, -0.2) is 13.4 Å². The van der Waals surface area contributed by atoms with Crippen LogP contribution in [-0.2, 0) is 16.4 Å². The highest BCUT2D eigenvalue weighted by molar-refractivity contribution is 7.91. The summed E-state index contributed by atoms with van der Waals surface area (Å²) < 4.78 is 34.9. The van der Waals surface area contributed by atoms with Gasteiger partial charge < -0.3 is 4.42 Å². The lowest BCUT2D eigenvalue weighted by Crippen LogP contribution is -2.30. The van der Waals surface area contributed by atoms with E-state index in [1.807, 2.05) is 18.2 Å². The zero-order chi connectivity index (χ0) is 18.4. The number of nitrogens with one attached hydrogen (secondary N) is 1. The number of hydrogen-bond donors (Lipinski definition) is 1. The van der Waals surface area contributed by atoms with E-state index >= 15 is 0 Å². The smallest absolute Gasteiger partial charge is 0.250 e. The quantitative estimate of drug-likeness (QED) is 0.677. The molecule has 1 aromatic carbocycles. The van der Waals surface area contributed by atoms with Gasteiger partial charge >= 0.3 is 0 Å². The summed E-state index contributed by atoms with van der Waals surface area (Å²) in [5.74, 6) is 1.85. The standard InChI is InChI=1S/C20H20N2O3S2/c23-27(24,22-16-7-3-5-13-4-1-2-6-15(13)16)19-11-10-18(26-19)17-12-21-20(25-17)14-8-9-14/h1-2,4,6,10-12,14,16,22H,3,5,7-9H2/t16-/m0/s1. The molecule has 0 bridgehead atoms. The van der Waals surface area contributed by atoms with E-state index in [0.717, 1.165) is 48.4 Å². The molecule has 2 aromatic heterocycles. The molecule has 2 aliphatic carbocycles. The van der Waals surface area contributed by atoms with Crippen LogP contribution in [0.1, 0.15) is 54.7 Å². The van der Waals surface area contributed by atoms with Gasteiger partial charge in [0, 0.05) is 12.0 Å².